The summed E-state index contributed by atoms with van der Waals surface area (Å²) in [5.74, 6) is -0.261. The molecule has 1 fully saturated rings. The summed E-state index contributed by atoms with van der Waals surface area (Å²) in [6.45, 7) is 1.34. The highest BCUT2D eigenvalue weighted by molar-refractivity contribution is 5.73. The van der Waals surface area contributed by atoms with Crippen LogP contribution in [0.4, 0.5) is 0 Å². The zero-order valence-corrected chi connectivity index (χ0v) is 6.41. The Balaban J connectivity index is 1.98. The van der Waals surface area contributed by atoms with E-state index in [0.717, 1.165) is 12.8 Å². The molecule has 0 aromatic rings. The summed E-state index contributed by atoms with van der Waals surface area (Å²) < 4.78 is 10.3. The molecule has 0 bridgehead atoms. The molecule has 11 heavy (non-hydrogen) atoms. The van der Waals surface area contributed by atoms with E-state index in [0.29, 0.717) is 19.6 Å². The predicted octanol–water partition coefficient (Wildman–Crippen LogP) is 0.0149. The topological polar surface area (TPSA) is 61.6 Å². The number of hydrogen-bond acceptors (Lipinski definition) is 3. The van der Waals surface area contributed by atoms with Crippen molar-refractivity contribution in [1.29, 1.82) is 0 Å². The largest absolute Gasteiger partial charge is 0.370 e. The van der Waals surface area contributed by atoms with Gasteiger partial charge in [-0.3, -0.25) is 4.79 Å². The van der Waals surface area contributed by atoms with Crippen molar-refractivity contribution in [2.24, 2.45) is 5.73 Å². The van der Waals surface area contributed by atoms with Crippen LogP contribution < -0.4 is 5.73 Å². The van der Waals surface area contributed by atoms with Crippen molar-refractivity contribution >= 4 is 5.91 Å². The molecule has 1 aliphatic rings. The van der Waals surface area contributed by atoms with E-state index < -0.39 is 0 Å². The highest BCUT2D eigenvalue weighted by Gasteiger charge is 2.14. The first kappa shape index (κ1) is 8.49. The van der Waals surface area contributed by atoms with Crippen molar-refractivity contribution in [3.8, 4) is 0 Å². The monoisotopic (exact) mass is 159 g/mol. The lowest BCUT2D eigenvalue weighted by Gasteiger charge is -2.06. The minimum absolute atomic E-state index is 0.102. The summed E-state index contributed by atoms with van der Waals surface area (Å²) in [6.07, 6.45) is 1.83. The van der Waals surface area contributed by atoms with E-state index in [2.05, 4.69) is 0 Å². The highest BCUT2D eigenvalue weighted by atomic mass is 16.7. The SMILES string of the molecule is NC(=O)CCCC1OCCO1. The van der Waals surface area contributed by atoms with Crippen molar-refractivity contribution < 1.29 is 14.3 Å². The Kier molecular flexibility index (Phi) is 3.32. The van der Waals surface area contributed by atoms with Gasteiger partial charge in [-0.1, -0.05) is 0 Å². The molecule has 0 aliphatic carbocycles. The quantitative estimate of drug-likeness (QED) is 0.628. The van der Waals surface area contributed by atoms with Gasteiger partial charge in [0.1, 0.15) is 0 Å². The van der Waals surface area contributed by atoms with E-state index in [9.17, 15) is 4.79 Å². The van der Waals surface area contributed by atoms with Gasteiger partial charge in [-0.05, 0) is 12.8 Å². The predicted molar refractivity (Wildman–Crippen MR) is 38.7 cm³/mol. The highest BCUT2D eigenvalue weighted by Crippen LogP contribution is 2.10. The van der Waals surface area contributed by atoms with Crippen molar-refractivity contribution in [3.63, 3.8) is 0 Å². The average Bonchev–Trinajstić information content (AvgIpc) is 2.39. The molecule has 0 radical (unpaired) electrons. The van der Waals surface area contributed by atoms with Gasteiger partial charge in [0.2, 0.25) is 5.91 Å². The lowest BCUT2D eigenvalue weighted by molar-refractivity contribution is -0.118. The van der Waals surface area contributed by atoms with Crippen LogP contribution >= 0.6 is 0 Å². The smallest absolute Gasteiger partial charge is 0.217 e. The standard InChI is InChI=1S/C7H13NO3/c8-6(9)2-1-3-7-10-4-5-11-7/h7H,1-5H2,(H2,8,9). The van der Waals surface area contributed by atoms with Crippen LogP contribution in [0, 0.1) is 0 Å². The molecule has 0 unspecified atom stereocenters. The Labute approximate surface area is 65.7 Å². The average molecular weight is 159 g/mol. The third-order valence-corrected chi connectivity index (χ3v) is 1.55. The first-order valence-corrected chi connectivity index (χ1v) is 3.80. The van der Waals surface area contributed by atoms with Crippen LogP contribution in [-0.4, -0.2) is 25.4 Å². The summed E-state index contributed by atoms with van der Waals surface area (Å²) in [4.78, 5) is 10.3. The number of ether oxygens (including phenoxy) is 2. The molecule has 0 saturated carbocycles. The van der Waals surface area contributed by atoms with Gasteiger partial charge in [-0.15, -0.1) is 0 Å². The first-order chi connectivity index (χ1) is 5.29. The normalized spacial score (nSPS) is 18.9. The summed E-state index contributed by atoms with van der Waals surface area (Å²) in [7, 11) is 0. The number of carbonyl (C=O) groups excluding carboxylic acids is 1. The third-order valence-electron chi connectivity index (χ3n) is 1.55. The van der Waals surface area contributed by atoms with E-state index in [1.807, 2.05) is 0 Å². The molecular weight excluding hydrogens is 146 g/mol. The fourth-order valence-electron chi connectivity index (χ4n) is 1.02. The second kappa shape index (κ2) is 4.31. The molecule has 4 nitrogen and oxygen atoms in total. The molecule has 0 spiro atoms. The van der Waals surface area contributed by atoms with Gasteiger partial charge in [-0.2, -0.15) is 0 Å². The van der Waals surface area contributed by atoms with Gasteiger partial charge in [0.15, 0.2) is 6.29 Å². The molecule has 2 N–H and O–H groups in total. The number of hydrogen-bond donors (Lipinski definition) is 1. The fourth-order valence-corrected chi connectivity index (χ4v) is 1.02. The maximum atomic E-state index is 10.3. The summed E-state index contributed by atoms with van der Waals surface area (Å²) in [6, 6.07) is 0. The van der Waals surface area contributed by atoms with Crippen molar-refractivity contribution in [2.45, 2.75) is 25.6 Å². The Bertz CT molecular complexity index is 132. The molecule has 0 aromatic heterocycles. The lowest BCUT2D eigenvalue weighted by Crippen LogP contribution is -2.13. The Morgan fingerprint density at radius 1 is 1.45 bits per heavy atom. The van der Waals surface area contributed by atoms with Crippen LogP contribution in [0.15, 0.2) is 0 Å². The second-order valence-corrected chi connectivity index (χ2v) is 2.53. The first-order valence-electron chi connectivity index (χ1n) is 3.80. The maximum absolute atomic E-state index is 10.3. The molecule has 0 atom stereocenters. The van der Waals surface area contributed by atoms with Gasteiger partial charge in [0.25, 0.3) is 0 Å². The van der Waals surface area contributed by atoms with Crippen LogP contribution in [0.1, 0.15) is 19.3 Å². The molecule has 1 aliphatic heterocycles. The molecule has 4 heteroatoms. The van der Waals surface area contributed by atoms with Crippen LogP contribution in [0.5, 0.6) is 0 Å². The number of primary amides is 1. The van der Waals surface area contributed by atoms with E-state index in [1.165, 1.54) is 0 Å². The Morgan fingerprint density at radius 3 is 2.64 bits per heavy atom. The molecule has 1 saturated heterocycles. The molecule has 0 aromatic carbocycles. The molecule has 1 heterocycles. The van der Waals surface area contributed by atoms with Crippen LogP contribution in [-0.2, 0) is 14.3 Å². The summed E-state index contributed by atoms with van der Waals surface area (Å²) in [5.41, 5.74) is 4.96. The minimum atomic E-state index is -0.261. The van der Waals surface area contributed by atoms with Crippen LogP contribution in [0.3, 0.4) is 0 Å². The van der Waals surface area contributed by atoms with E-state index in [4.69, 9.17) is 15.2 Å². The lowest BCUT2D eigenvalue weighted by atomic mass is 10.2. The fraction of sp³-hybridized carbons (Fsp3) is 0.857. The summed E-state index contributed by atoms with van der Waals surface area (Å²) in [5, 5.41) is 0. The molecule has 64 valence electrons. The maximum Gasteiger partial charge on any atom is 0.217 e. The number of rotatable bonds is 4. The van der Waals surface area contributed by atoms with Crippen LogP contribution in [0.2, 0.25) is 0 Å². The molecule has 1 amide bonds. The van der Waals surface area contributed by atoms with Gasteiger partial charge in [0.05, 0.1) is 13.2 Å². The van der Waals surface area contributed by atoms with E-state index in [-0.39, 0.29) is 12.2 Å². The van der Waals surface area contributed by atoms with Gasteiger partial charge in [-0.25, -0.2) is 0 Å². The van der Waals surface area contributed by atoms with Crippen LogP contribution in [0.25, 0.3) is 0 Å². The zero-order valence-electron chi connectivity index (χ0n) is 6.41. The second-order valence-electron chi connectivity index (χ2n) is 2.53. The Hall–Kier alpha value is -0.610. The molecular formula is C7H13NO3. The Morgan fingerprint density at radius 2 is 2.09 bits per heavy atom. The van der Waals surface area contributed by atoms with Crippen molar-refractivity contribution in [2.75, 3.05) is 13.2 Å². The van der Waals surface area contributed by atoms with Gasteiger partial charge >= 0.3 is 0 Å². The van der Waals surface area contributed by atoms with E-state index in [1.54, 1.807) is 0 Å². The number of nitrogens with two attached hydrogens (primary N) is 1. The number of amides is 1. The van der Waals surface area contributed by atoms with Crippen molar-refractivity contribution in [3.05, 3.63) is 0 Å². The van der Waals surface area contributed by atoms with Gasteiger partial charge < -0.3 is 15.2 Å². The zero-order chi connectivity index (χ0) is 8.10. The number of carbonyl (C=O) groups is 1. The minimum Gasteiger partial charge on any atom is -0.370 e. The van der Waals surface area contributed by atoms with Gasteiger partial charge in [0, 0.05) is 6.42 Å². The third kappa shape index (κ3) is 3.34. The van der Waals surface area contributed by atoms with E-state index >= 15 is 0 Å². The molecule has 1 rings (SSSR count). The summed E-state index contributed by atoms with van der Waals surface area (Å²) >= 11 is 0. The van der Waals surface area contributed by atoms with Crippen molar-refractivity contribution in [1.82, 2.24) is 0 Å².